The smallest absolute Gasteiger partial charge is 0.545 e. The number of rotatable bonds is 1. The molecule has 0 unspecified atom stereocenters. The fraction of sp³-hybridized carbons (Fsp3) is 0. The van der Waals surface area contributed by atoms with Crippen LogP contribution < -0.4 is 0 Å². The number of hydrogen-bond acceptors (Lipinski definition) is 3. The van der Waals surface area contributed by atoms with Crippen LogP contribution in [0, 0.1) is 0 Å². The van der Waals surface area contributed by atoms with Crippen molar-refractivity contribution in [3.05, 3.63) is 30.1 Å². The molecule has 5 heteroatoms. The summed E-state index contributed by atoms with van der Waals surface area (Å²) in [6.07, 6.45) is 2.90. The molecule has 0 atom stereocenters. The summed E-state index contributed by atoms with van der Waals surface area (Å²) in [6.45, 7) is 3.25. The molecule has 1 aromatic rings. The SMILES string of the molecule is O=C(O)c1ccncc1.[CH-]=O.[Ru+]. The molecule has 65 valence electrons. The number of carboxylic acid groups (broad SMARTS) is 1. The Morgan fingerprint density at radius 1 is 1.33 bits per heavy atom. The number of carboxylic acids is 1. The molecule has 1 N–H and O–H groups in total. The predicted molar refractivity (Wildman–Crippen MR) is 37.9 cm³/mol. The van der Waals surface area contributed by atoms with E-state index in [0.717, 1.165) is 0 Å². The van der Waals surface area contributed by atoms with Crippen molar-refractivity contribution >= 4 is 12.8 Å². The summed E-state index contributed by atoms with van der Waals surface area (Å²) in [5.41, 5.74) is 0.269. The minimum Gasteiger partial charge on any atom is -0.545 e. The molecule has 1 heterocycles. The van der Waals surface area contributed by atoms with Gasteiger partial charge in [-0.25, -0.2) is 4.79 Å². The molecule has 12 heavy (non-hydrogen) atoms. The van der Waals surface area contributed by atoms with E-state index in [4.69, 9.17) is 9.90 Å². The van der Waals surface area contributed by atoms with Crippen LogP contribution in [-0.2, 0) is 24.3 Å². The standard InChI is InChI=1S/C6H5NO2.CHO.Ru/c8-6(9)5-1-3-7-4-2-5;1-2;/h1-4H,(H,8,9);1H;/q;-1;+1. The molecule has 4 nitrogen and oxygen atoms in total. The molecule has 0 saturated carbocycles. The van der Waals surface area contributed by atoms with E-state index in [2.05, 4.69) is 11.8 Å². The van der Waals surface area contributed by atoms with Crippen LogP contribution in [0.5, 0.6) is 0 Å². The summed E-state index contributed by atoms with van der Waals surface area (Å²) in [6, 6.07) is 2.89. The van der Waals surface area contributed by atoms with E-state index in [0.29, 0.717) is 0 Å². The van der Waals surface area contributed by atoms with E-state index in [1.54, 1.807) is 0 Å². The number of carbonyl (C=O) groups excluding carboxylic acids is 1. The van der Waals surface area contributed by atoms with Crippen molar-refractivity contribution in [2.24, 2.45) is 0 Å². The van der Waals surface area contributed by atoms with Gasteiger partial charge in [0.2, 0.25) is 0 Å². The maximum atomic E-state index is 10.2. The third-order valence-electron chi connectivity index (χ3n) is 0.927. The normalized spacial score (nSPS) is 7.00. The van der Waals surface area contributed by atoms with Crippen molar-refractivity contribution in [1.82, 2.24) is 4.98 Å². The molecule has 0 aliphatic heterocycles. The third kappa shape index (κ3) is 4.69. The molecular weight excluding hydrogens is 247 g/mol. The van der Waals surface area contributed by atoms with E-state index in [-0.39, 0.29) is 25.0 Å². The summed E-state index contributed by atoms with van der Waals surface area (Å²) in [5, 5.41) is 8.36. The fourth-order valence-electron chi connectivity index (χ4n) is 0.494. The number of aromatic carboxylic acids is 1. The Balaban J connectivity index is 0. The fourth-order valence-corrected chi connectivity index (χ4v) is 0.494. The predicted octanol–water partition coefficient (Wildman–Crippen LogP) is 0.503. The quantitative estimate of drug-likeness (QED) is 0.449. The minimum absolute atomic E-state index is 0. The van der Waals surface area contributed by atoms with Crippen LogP contribution in [0.3, 0.4) is 0 Å². The van der Waals surface area contributed by atoms with E-state index < -0.39 is 5.97 Å². The second kappa shape index (κ2) is 8.01. The van der Waals surface area contributed by atoms with Crippen molar-refractivity contribution in [1.29, 1.82) is 0 Å². The van der Waals surface area contributed by atoms with Gasteiger partial charge in [-0.05, 0) is 12.1 Å². The Morgan fingerprint density at radius 2 is 1.75 bits per heavy atom. The number of hydrogen-bond donors (Lipinski definition) is 1. The summed E-state index contributed by atoms with van der Waals surface area (Å²) in [7, 11) is 0. The number of pyridine rings is 1. The van der Waals surface area contributed by atoms with Gasteiger partial charge in [0.05, 0.1) is 5.56 Å². The molecule has 0 aromatic carbocycles. The Morgan fingerprint density at radius 3 is 2.00 bits per heavy atom. The van der Waals surface area contributed by atoms with Crippen LogP contribution in [0.25, 0.3) is 0 Å². The van der Waals surface area contributed by atoms with Gasteiger partial charge >= 0.3 is 25.4 Å². The summed E-state index contributed by atoms with van der Waals surface area (Å²) in [5.74, 6) is -0.919. The van der Waals surface area contributed by atoms with Gasteiger partial charge in [0, 0.05) is 12.4 Å². The van der Waals surface area contributed by atoms with Crippen LogP contribution in [0.1, 0.15) is 10.4 Å². The molecule has 0 amide bonds. The van der Waals surface area contributed by atoms with Gasteiger partial charge in [-0.1, -0.05) is 0 Å². The van der Waals surface area contributed by atoms with Crippen molar-refractivity contribution in [2.75, 3.05) is 0 Å². The summed E-state index contributed by atoms with van der Waals surface area (Å²) >= 11 is 0. The average molecular weight is 253 g/mol. The molecule has 1 radical (unpaired) electrons. The van der Waals surface area contributed by atoms with Gasteiger partial charge in [-0.2, -0.15) is 0 Å². The minimum atomic E-state index is -0.919. The molecule has 0 aliphatic rings. The van der Waals surface area contributed by atoms with Crippen molar-refractivity contribution in [2.45, 2.75) is 0 Å². The topological polar surface area (TPSA) is 67.3 Å². The molecule has 1 rings (SSSR count). The molecule has 1 aromatic heterocycles. The van der Waals surface area contributed by atoms with Crippen LogP contribution in [0.4, 0.5) is 0 Å². The molecule has 0 spiro atoms. The van der Waals surface area contributed by atoms with Crippen molar-refractivity contribution in [3.8, 4) is 0 Å². The number of carbonyl (C=O) groups is 1. The zero-order valence-electron chi connectivity index (χ0n) is 5.95. The van der Waals surface area contributed by atoms with E-state index in [1.807, 2.05) is 0 Å². The van der Waals surface area contributed by atoms with E-state index in [1.165, 1.54) is 24.5 Å². The van der Waals surface area contributed by atoms with Gasteiger partial charge in [0.25, 0.3) is 0 Å². The van der Waals surface area contributed by atoms with Gasteiger partial charge in [0.1, 0.15) is 0 Å². The third-order valence-corrected chi connectivity index (χ3v) is 0.927. The first-order valence-electron chi connectivity index (χ1n) is 2.67. The van der Waals surface area contributed by atoms with Crippen molar-refractivity contribution < 1.29 is 34.2 Å². The van der Waals surface area contributed by atoms with Gasteiger partial charge in [-0.3, -0.25) is 11.8 Å². The largest absolute Gasteiger partial charge is 1.00 e. The van der Waals surface area contributed by atoms with Gasteiger partial charge in [0.15, 0.2) is 0 Å². The van der Waals surface area contributed by atoms with Crippen LogP contribution in [0.2, 0.25) is 0 Å². The first-order valence-corrected chi connectivity index (χ1v) is 2.67. The molecular formula is C7H6NO3Ru. The molecule has 0 bridgehead atoms. The molecule has 0 aliphatic carbocycles. The Hall–Kier alpha value is -1.09. The molecule has 0 saturated heterocycles. The Labute approximate surface area is 82.4 Å². The monoisotopic (exact) mass is 254 g/mol. The maximum absolute atomic E-state index is 10.2. The second-order valence-corrected chi connectivity index (χ2v) is 1.54. The van der Waals surface area contributed by atoms with E-state index >= 15 is 0 Å². The Bertz CT molecular complexity index is 227. The average Bonchev–Trinajstić information content (AvgIpc) is 2.10. The Kier molecular flexibility index (Phi) is 9.02. The van der Waals surface area contributed by atoms with Gasteiger partial charge < -0.3 is 9.90 Å². The second-order valence-electron chi connectivity index (χ2n) is 1.54. The number of nitrogens with zero attached hydrogens (tertiary/aromatic N) is 1. The summed E-state index contributed by atoms with van der Waals surface area (Å²) in [4.78, 5) is 21.6. The number of aromatic nitrogens is 1. The summed E-state index contributed by atoms with van der Waals surface area (Å²) < 4.78 is 0. The van der Waals surface area contributed by atoms with Crippen LogP contribution in [-0.4, -0.2) is 22.8 Å². The van der Waals surface area contributed by atoms with Gasteiger partial charge in [-0.15, -0.1) is 0 Å². The van der Waals surface area contributed by atoms with Crippen molar-refractivity contribution in [3.63, 3.8) is 0 Å². The van der Waals surface area contributed by atoms with Crippen LogP contribution >= 0.6 is 0 Å². The van der Waals surface area contributed by atoms with E-state index in [9.17, 15) is 4.79 Å². The first-order chi connectivity index (χ1) is 5.30. The zero-order valence-corrected chi connectivity index (χ0v) is 7.69. The van der Waals surface area contributed by atoms with Crippen LogP contribution in [0.15, 0.2) is 24.5 Å². The maximum Gasteiger partial charge on any atom is 1.00 e. The molecule has 0 fully saturated rings. The first kappa shape index (κ1) is 13.5. The zero-order chi connectivity index (χ0) is 8.69.